The number of imidazole rings is 1. The van der Waals surface area contributed by atoms with Gasteiger partial charge in [-0.15, -0.1) is 0 Å². The summed E-state index contributed by atoms with van der Waals surface area (Å²) in [6, 6.07) is 8.34. The van der Waals surface area contributed by atoms with Gasteiger partial charge in [-0.25, -0.2) is 0 Å². The molecule has 8 heteroatoms. The van der Waals surface area contributed by atoms with Gasteiger partial charge >= 0.3 is 5.82 Å². The lowest BCUT2D eigenvalue weighted by Gasteiger charge is -2.41. The SMILES string of the molecule is O=[N+]([O-])c1c(N2CCOC3(CCc4ccccc43)C2)nc2sccn12. The molecule has 5 rings (SSSR count). The van der Waals surface area contributed by atoms with Crippen LogP contribution in [0.25, 0.3) is 4.96 Å². The lowest BCUT2D eigenvalue weighted by Crippen LogP contribution is -2.49. The highest BCUT2D eigenvalue weighted by atomic mass is 32.1. The highest BCUT2D eigenvalue weighted by Crippen LogP contribution is 2.44. The van der Waals surface area contributed by atoms with Crippen molar-refractivity contribution in [3.8, 4) is 0 Å². The Kier molecular flexibility index (Phi) is 3.13. The standard InChI is InChI=1S/C17H16N4O3S/c22-21(23)15-14(18-16-20(15)8-10-25-16)19-7-9-24-17(11-19)6-5-12-3-1-2-4-13(12)17/h1-4,8,10H,5-7,9,11H2. The van der Waals surface area contributed by atoms with E-state index in [2.05, 4.69) is 17.1 Å². The molecule has 0 saturated carbocycles. The maximum Gasteiger partial charge on any atom is 0.373 e. The number of aryl methyl sites for hydroxylation is 1. The van der Waals surface area contributed by atoms with Crippen LogP contribution in [0.15, 0.2) is 35.8 Å². The summed E-state index contributed by atoms with van der Waals surface area (Å²) in [4.78, 5) is 18.5. The Hall–Kier alpha value is -2.45. The van der Waals surface area contributed by atoms with Crippen LogP contribution in [0.3, 0.4) is 0 Å². The number of fused-ring (bicyclic) bond motifs is 3. The fourth-order valence-electron chi connectivity index (χ4n) is 4.08. The van der Waals surface area contributed by atoms with Crippen LogP contribution in [0.2, 0.25) is 0 Å². The van der Waals surface area contributed by atoms with Crippen LogP contribution in [0, 0.1) is 10.1 Å². The molecule has 1 spiro atoms. The number of hydrogen-bond donors (Lipinski definition) is 0. The molecule has 3 heterocycles. The maximum absolute atomic E-state index is 11.6. The van der Waals surface area contributed by atoms with Crippen molar-refractivity contribution in [1.29, 1.82) is 0 Å². The summed E-state index contributed by atoms with van der Waals surface area (Å²) in [6.07, 6.45) is 3.58. The van der Waals surface area contributed by atoms with E-state index in [1.165, 1.54) is 22.5 Å². The molecule has 2 aromatic heterocycles. The third-order valence-corrected chi connectivity index (χ3v) is 5.94. The van der Waals surface area contributed by atoms with Gasteiger partial charge in [-0.1, -0.05) is 35.6 Å². The highest BCUT2D eigenvalue weighted by molar-refractivity contribution is 7.15. The summed E-state index contributed by atoms with van der Waals surface area (Å²) in [7, 11) is 0. The first-order valence-electron chi connectivity index (χ1n) is 8.25. The Bertz CT molecular complexity index is 977. The summed E-state index contributed by atoms with van der Waals surface area (Å²) in [5.41, 5.74) is 2.13. The molecular formula is C17H16N4O3S. The quantitative estimate of drug-likeness (QED) is 0.521. The Morgan fingerprint density at radius 3 is 3.12 bits per heavy atom. The van der Waals surface area contributed by atoms with Crippen LogP contribution in [-0.4, -0.2) is 34.0 Å². The molecule has 1 saturated heterocycles. The third kappa shape index (κ3) is 2.11. The monoisotopic (exact) mass is 356 g/mol. The number of rotatable bonds is 2. The first kappa shape index (κ1) is 14.9. The topological polar surface area (TPSA) is 72.9 Å². The minimum absolute atomic E-state index is 0.0413. The average molecular weight is 356 g/mol. The van der Waals surface area contributed by atoms with Gasteiger partial charge < -0.3 is 19.8 Å². The molecular weight excluding hydrogens is 340 g/mol. The largest absolute Gasteiger partial charge is 0.373 e. The number of aromatic nitrogens is 2. The lowest BCUT2D eigenvalue weighted by molar-refractivity contribution is -0.389. The Labute approximate surface area is 147 Å². The zero-order valence-electron chi connectivity index (χ0n) is 13.4. The van der Waals surface area contributed by atoms with Crippen LogP contribution >= 0.6 is 11.3 Å². The fourth-order valence-corrected chi connectivity index (χ4v) is 4.78. The molecule has 1 unspecified atom stereocenters. The summed E-state index contributed by atoms with van der Waals surface area (Å²) in [5.74, 6) is 0.489. The van der Waals surface area contributed by atoms with Crippen molar-refractivity contribution in [3.05, 3.63) is 57.1 Å². The van der Waals surface area contributed by atoms with Crippen molar-refractivity contribution in [2.75, 3.05) is 24.6 Å². The Morgan fingerprint density at radius 2 is 2.24 bits per heavy atom. The number of thiazole rings is 1. The third-order valence-electron chi connectivity index (χ3n) is 5.18. The van der Waals surface area contributed by atoms with Gasteiger partial charge in [0, 0.05) is 11.9 Å². The number of benzene rings is 1. The van der Waals surface area contributed by atoms with Gasteiger partial charge in [0.1, 0.15) is 11.8 Å². The second kappa shape index (κ2) is 5.27. The molecule has 2 aliphatic rings. The van der Waals surface area contributed by atoms with Crippen LogP contribution < -0.4 is 4.90 Å². The fraction of sp³-hybridized carbons (Fsp3) is 0.353. The minimum Gasteiger partial charge on any atom is -0.367 e. The van der Waals surface area contributed by atoms with Gasteiger partial charge in [0.15, 0.2) is 0 Å². The van der Waals surface area contributed by atoms with E-state index in [1.54, 1.807) is 10.6 Å². The zero-order valence-corrected chi connectivity index (χ0v) is 14.2. The van der Waals surface area contributed by atoms with E-state index < -0.39 is 0 Å². The van der Waals surface area contributed by atoms with Gasteiger partial charge in [0.2, 0.25) is 5.82 Å². The predicted octanol–water partition coefficient (Wildman–Crippen LogP) is 2.98. The molecule has 128 valence electrons. The van der Waals surface area contributed by atoms with Gasteiger partial charge in [0.05, 0.1) is 13.2 Å². The van der Waals surface area contributed by atoms with Crippen LogP contribution in [0.5, 0.6) is 0 Å². The highest BCUT2D eigenvalue weighted by Gasteiger charge is 2.45. The second-order valence-electron chi connectivity index (χ2n) is 6.49. The molecule has 1 aromatic carbocycles. The van der Waals surface area contributed by atoms with Crippen molar-refractivity contribution < 1.29 is 9.66 Å². The summed E-state index contributed by atoms with van der Waals surface area (Å²) >= 11 is 1.41. The van der Waals surface area contributed by atoms with Gasteiger partial charge in [0.25, 0.3) is 4.96 Å². The molecule has 1 aliphatic carbocycles. The Morgan fingerprint density at radius 1 is 1.36 bits per heavy atom. The molecule has 0 radical (unpaired) electrons. The number of nitrogens with zero attached hydrogens (tertiary/aromatic N) is 4. The predicted molar refractivity (Wildman–Crippen MR) is 94.3 cm³/mol. The maximum atomic E-state index is 11.6. The second-order valence-corrected chi connectivity index (χ2v) is 7.37. The van der Waals surface area contributed by atoms with E-state index in [0.29, 0.717) is 30.5 Å². The number of nitro groups is 1. The molecule has 1 aliphatic heterocycles. The van der Waals surface area contributed by atoms with Gasteiger partial charge in [-0.3, -0.25) is 0 Å². The normalized spacial score (nSPS) is 22.6. The summed E-state index contributed by atoms with van der Waals surface area (Å²) < 4.78 is 7.78. The lowest BCUT2D eigenvalue weighted by atomic mass is 9.93. The number of anilines is 1. The number of hydrogen-bond acceptors (Lipinski definition) is 6. The molecule has 0 amide bonds. The van der Waals surface area contributed by atoms with Crippen LogP contribution in [-0.2, 0) is 16.8 Å². The van der Waals surface area contributed by atoms with Crippen LogP contribution in [0.4, 0.5) is 11.6 Å². The van der Waals surface area contributed by atoms with E-state index in [9.17, 15) is 10.1 Å². The van der Waals surface area contributed by atoms with Crippen molar-refractivity contribution in [2.45, 2.75) is 18.4 Å². The van der Waals surface area contributed by atoms with E-state index in [-0.39, 0.29) is 16.3 Å². The van der Waals surface area contributed by atoms with E-state index in [0.717, 1.165) is 12.8 Å². The molecule has 1 atom stereocenters. The molecule has 7 nitrogen and oxygen atoms in total. The number of morpholine rings is 1. The molecule has 25 heavy (non-hydrogen) atoms. The summed E-state index contributed by atoms with van der Waals surface area (Å²) in [6.45, 7) is 1.74. The minimum atomic E-state index is -0.389. The van der Waals surface area contributed by atoms with Gasteiger partial charge in [-0.05, 0) is 28.9 Å². The molecule has 0 N–H and O–H groups in total. The molecule has 1 fully saturated rings. The summed E-state index contributed by atoms with van der Waals surface area (Å²) in [5, 5.41) is 13.5. The molecule has 3 aromatic rings. The average Bonchev–Trinajstić information content (AvgIpc) is 3.29. The van der Waals surface area contributed by atoms with Crippen molar-refractivity contribution in [2.24, 2.45) is 0 Å². The van der Waals surface area contributed by atoms with E-state index >= 15 is 0 Å². The smallest absolute Gasteiger partial charge is 0.367 e. The first-order chi connectivity index (χ1) is 12.2. The first-order valence-corrected chi connectivity index (χ1v) is 9.13. The Balaban J connectivity index is 1.57. The van der Waals surface area contributed by atoms with Crippen molar-refractivity contribution in [3.63, 3.8) is 0 Å². The van der Waals surface area contributed by atoms with Crippen molar-refractivity contribution in [1.82, 2.24) is 9.38 Å². The zero-order chi connectivity index (χ0) is 17.0. The molecule has 0 bridgehead atoms. The van der Waals surface area contributed by atoms with Crippen LogP contribution in [0.1, 0.15) is 17.5 Å². The van der Waals surface area contributed by atoms with Crippen molar-refractivity contribution >= 4 is 27.9 Å². The number of ether oxygens (including phenoxy) is 1. The van der Waals surface area contributed by atoms with E-state index in [1.807, 2.05) is 22.4 Å². The van der Waals surface area contributed by atoms with E-state index in [4.69, 9.17) is 4.74 Å². The van der Waals surface area contributed by atoms with Gasteiger partial charge in [-0.2, -0.15) is 9.38 Å².